The van der Waals surface area contributed by atoms with Crippen LogP contribution in [-0.2, 0) is 6.54 Å². The quantitative estimate of drug-likeness (QED) is 0.941. The fourth-order valence-corrected chi connectivity index (χ4v) is 2.72. The number of oxazole rings is 1. The van der Waals surface area contributed by atoms with E-state index in [0.29, 0.717) is 11.8 Å². The lowest BCUT2D eigenvalue weighted by molar-refractivity contribution is 0.454. The van der Waals surface area contributed by atoms with Gasteiger partial charge < -0.3 is 10.2 Å². The molecule has 0 unspecified atom stereocenters. The lowest BCUT2D eigenvalue weighted by Gasteiger charge is -2.06. The second-order valence-corrected chi connectivity index (χ2v) is 4.67. The summed E-state index contributed by atoms with van der Waals surface area (Å²) >= 11 is 4.94. The predicted octanol–water partition coefficient (Wildman–Crippen LogP) is 3.05. The predicted molar refractivity (Wildman–Crippen MR) is 62.7 cm³/mol. The summed E-state index contributed by atoms with van der Waals surface area (Å²) in [5, 5.41) is 0.628. The molecular weight excluding hydrogens is 276 g/mol. The highest BCUT2D eigenvalue weighted by atomic mass is 79.9. The topological polar surface area (TPSA) is 52.0 Å². The van der Waals surface area contributed by atoms with Gasteiger partial charge in [-0.3, -0.25) is 0 Å². The van der Waals surface area contributed by atoms with Crippen molar-refractivity contribution >= 4 is 27.7 Å². The number of hydrogen-bond acceptors (Lipinski definition) is 4. The van der Waals surface area contributed by atoms with E-state index in [-0.39, 0.29) is 0 Å². The lowest BCUT2D eigenvalue weighted by Crippen LogP contribution is -1.99. The Labute approximate surface area is 100 Å². The molecule has 1 heterocycles. The molecule has 1 aromatic carbocycles. The zero-order chi connectivity index (χ0) is 10.7. The van der Waals surface area contributed by atoms with E-state index in [1.165, 1.54) is 11.8 Å². The summed E-state index contributed by atoms with van der Waals surface area (Å²) in [6.07, 6.45) is 3.19. The van der Waals surface area contributed by atoms with Crippen LogP contribution in [0.3, 0.4) is 0 Å². The molecule has 5 heteroatoms. The molecule has 2 rings (SSSR count). The minimum Gasteiger partial charge on any atom is -0.440 e. The van der Waals surface area contributed by atoms with E-state index in [9.17, 15) is 0 Å². The monoisotopic (exact) mass is 284 g/mol. The Balaban J connectivity index is 2.32. The largest absolute Gasteiger partial charge is 0.440 e. The van der Waals surface area contributed by atoms with Crippen LogP contribution >= 0.6 is 27.7 Å². The van der Waals surface area contributed by atoms with Gasteiger partial charge in [0, 0.05) is 15.9 Å². The van der Waals surface area contributed by atoms with E-state index >= 15 is 0 Å². The summed E-state index contributed by atoms with van der Waals surface area (Å²) in [6.45, 7) is 0.491. The third kappa shape index (κ3) is 2.42. The SMILES string of the molecule is NCc1c(Br)cccc1Sc1ncco1. The summed E-state index contributed by atoms with van der Waals surface area (Å²) in [5.74, 6) is 0. The fourth-order valence-electron chi connectivity index (χ4n) is 1.19. The Morgan fingerprint density at radius 3 is 3.00 bits per heavy atom. The highest BCUT2D eigenvalue weighted by Crippen LogP contribution is 2.32. The van der Waals surface area contributed by atoms with Gasteiger partial charge in [-0.15, -0.1) is 0 Å². The standard InChI is InChI=1S/C10H9BrN2OS/c11-8-2-1-3-9(7(8)6-12)15-10-13-4-5-14-10/h1-5H,6,12H2. The van der Waals surface area contributed by atoms with Crippen molar-refractivity contribution in [3.63, 3.8) is 0 Å². The van der Waals surface area contributed by atoms with Gasteiger partial charge in [-0.1, -0.05) is 22.0 Å². The van der Waals surface area contributed by atoms with Crippen molar-refractivity contribution in [2.75, 3.05) is 0 Å². The Hall–Kier alpha value is -0.780. The van der Waals surface area contributed by atoms with Crippen molar-refractivity contribution in [3.8, 4) is 0 Å². The van der Waals surface area contributed by atoms with Gasteiger partial charge in [0.2, 0.25) is 0 Å². The third-order valence-corrected chi connectivity index (χ3v) is 3.61. The number of hydrogen-bond donors (Lipinski definition) is 1. The molecule has 0 fully saturated rings. The van der Waals surface area contributed by atoms with Crippen LogP contribution in [0, 0.1) is 0 Å². The number of benzene rings is 1. The van der Waals surface area contributed by atoms with Crippen molar-refractivity contribution in [1.82, 2.24) is 4.98 Å². The van der Waals surface area contributed by atoms with Gasteiger partial charge in [0.25, 0.3) is 5.22 Å². The Kier molecular flexibility index (Phi) is 3.45. The molecule has 0 atom stereocenters. The average molecular weight is 285 g/mol. The molecule has 0 saturated heterocycles. The smallest absolute Gasteiger partial charge is 0.260 e. The number of halogens is 1. The number of rotatable bonds is 3. The Bertz CT molecular complexity index is 445. The van der Waals surface area contributed by atoms with Crippen LogP contribution in [-0.4, -0.2) is 4.98 Å². The molecule has 1 aromatic heterocycles. The molecule has 0 amide bonds. The highest BCUT2D eigenvalue weighted by molar-refractivity contribution is 9.10. The molecule has 0 radical (unpaired) electrons. The van der Waals surface area contributed by atoms with Crippen LogP contribution in [0.15, 0.2) is 49.7 Å². The molecule has 0 bridgehead atoms. The first-order valence-corrected chi connectivity index (χ1v) is 5.97. The van der Waals surface area contributed by atoms with Crippen LogP contribution < -0.4 is 5.73 Å². The molecule has 0 saturated carbocycles. The zero-order valence-electron chi connectivity index (χ0n) is 7.81. The molecule has 78 valence electrons. The maximum atomic E-state index is 5.69. The van der Waals surface area contributed by atoms with E-state index in [0.717, 1.165) is 14.9 Å². The Morgan fingerprint density at radius 1 is 1.47 bits per heavy atom. The molecule has 0 aliphatic carbocycles. The van der Waals surface area contributed by atoms with Gasteiger partial charge in [-0.2, -0.15) is 0 Å². The van der Waals surface area contributed by atoms with Crippen LogP contribution in [0.25, 0.3) is 0 Å². The normalized spacial score (nSPS) is 10.5. The number of nitrogens with two attached hydrogens (primary N) is 1. The summed E-state index contributed by atoms with van der Waals surface area (Å²) in [5.41, 5.74) is 6.76. The van der Waals surface area contributed by atoms with Crippen LogP contribution in [0.4, 0.5) is 0 Å². The minimum atomic E-state index is 0.491. The van der Waals surface area contributed by atoms with Gasteiger partial charge in [-0.05, 0) is 29.5 Å². The van der Waals surface area contributed by atoms with Gasteiger partial charge >= 0.3 is 0 Å². The molecule has 0 aliphatic rings. The van der Waals surface area contributed by atoms with Gasteiger partial charge in [-0.25, -0.2) is 4.98 Å². The summed E-state index contributed by atoms with van der Waals surface area (Å²) in [7, 11) is 0. The fraction of sp³-hybridized carbons (Fsp3) is 0.100. The minimum absolute atomic E-state index is 0.491. The first-order chi connectivity index (χ1) is 7.31. The van der Waals surface area contributed by atoms with Crippen molar-refractivity contribution in [3.05, 3.63) is 40.7 Å². The molecule has 0 spiro atoms. The maximum absolute atomic E-state index is 5.69. The molecule has 3 nitrogen and oxygen atoms in total. The van der Waals surface area contributed by atoms with Crippen molar-refractivity contribution < 1.29 is 4.42 Å². The van der Waals surface area contributed by atoms with Crippen molar-refractivity contribution in [2.45, 2.75) is 16.7 Å². The second kappa shape index (κ2) is 4.83. The molecule has 2 aromatic rings. The molecular formula is C10H9BrN2OS. The second-order valence-electron chi connectivity index (χ2n) is 2.82. The van der Waals surface area contributed by atoms with Crippen molar-refractivity contribution in [2.24, 2.45) is 5.73 Å². The molecule has 15 heavy (non-hydrogen) atoms. The average Bonchev–Trinajstić information content (AvgIpc) is 2.71. The summed E-state index contributed by atoms with van der Waals surface area (Å²) in [6, 6.07) is 5.94. The molecule has 0 aliphatic heterocycles. The Morgan fingerprint density at radius 2 is 2.33 bits per heavy atom. The van der Waals surface area contributed by atoms with E-state index in [2.05, 4.69) is 20.9 Å². The maximum Gasteiger partial charge on any atom is 0.260 e. The zero-order valence-corrected chi connectivity index (χ0v) is 10.2. The molecule has 2 N–H and O–H groups in total. The highest BCUT2D eigenvalue weighted by Gasteiger charge is 2.08. The first-order valence-electron chi connectivity index (χ1n) is 4.36. The van der Waals surface area contributed by atoms with Gasteiger partial charge in [0.15, 0.2) is 0 Å². The van der Waals surface area contributed by atoms with E-state index in [1.54, 1.807) is 12.5 Å². The number of nitrogens with zero attached hydrogens (tertiary/aromatic N) is 1. The van der Waals surface area contributed by atoms with E-state index in [1.807, 2.05) is 18.2 Å². The van der Waals surface area contributed by atoms with Gasteiger partial charge in [0.1, 0.15) is 6.26 Å². The van der Waals surface area contributed by atoms with Crippen LogP contribution in [0.5, 0.6) is 0 Å². The van der Waals surface area contributed by atoms with E-state index < -0.39 is 0 Å². The summed E-state index contributed by atoms with van der Waals surface area (Å²) in [4.78, 5) is 5.12. The third-order valence-electron chi connectivity index (χ3n) is 1.89. The lowest BCUT2D eigenvalue weighted by atomic mass is 10.2. The summed E-state index contributed by atoms with van der Waals surface area (Å²) < 4.78 is 6.19. The van der Waals surface area contributed by atoms with Gasteiger partial charge in [0.05, 0.1) is 6.20 Å². The van der Waals surface area contributed by atoms with Crippen LogP contribution in [0.2, 0.25) is 0 Å². The van der Waals surface area contributed by atoms with Crippen LogP contribution in [0.1, 0.15) is 5.56 Å². The van der Waals surface area contributed by atoms with Crippen molar-refractivity contribution in [1.29, 1.82) is 0 Å². The number of aromatic nitrogens is 1. The first kappa shape index (κ1) is 10.7. The van der Waals surface area contributed by atoms with E-state index in [4.69, 9.17) is 10.2 Å².